The molecule has 0 aliphatic heterocycles. The summed E-state index contributed by atoms with van der Waals surface area (Å²) < 4.78 is 40.7. The van der Waals surface area contributed by atoms with Gasteiger partial charge in [-0.3, -0.25) is 4.79 Å². The van der Waals surface area contributed by atoms with Crippen LogP contribution in [0.5, 0.6) is 5.75 Å². The second-order valence-electron chi connectivity index (χ2n) is 4.34. The maximum absolute atomic E-state index is 12.1. The van der Waals surface area contributed by atoms with E-state index >= 15 is 0 Å². The lowest BCUT2D eigenvalue weighted by Crippen LogP contribution is -2.17. The number of carbonyl (C=O) groups is 1. The predicted octanol–water partition coefficient (Wildman–Crippen LogP) is 3.79. The molecule has 2 aromatic rings. The summed E-state index contributed by atoms with van der Waals surface area (Å²) in [5.41, 5.74) is 0.503. The first kappa shape index (κ1) is 14.6. The first-order valence-corrected chi connectivity index (χ1v) is 6.53. The molecule has 0 bridgehead atoms. The van der Waals surface area contributed by atoms with E-state index in [9.17, 15) is 18.0 Å². The van der Waals surface area contributed by atoms with E-state index in [0.29, 0.717) is 15.3 Å². The minimum absolute atomic E-state index is 0.198. The zero-order valence-electron chi connectivity index (χ0n) is 10.6. The highest BCUT2D eigenvalue weighted by Gasteiger charge is 2.31. The summed E-state index contributed by atoms with van der Waals surface area (Å²) in [4.78, 5) is 15.6. The van der Waals surface area contributed by atoms with Gasteiger partial charge in [0.1, 0.15) is 5.75 Å². The minimum atomic E-state index is -4.73. The van der Waals surface area contributed by atoms with Crippen molar-refractivity contribution in [2.75, 3.05) is 5.32 Å². The molecular weight excluding hydrogens is 293 g/mol. The molecule has 0 saturated carbocycles. The van der Waals surface area contributed by atoms with Crippen LogP contribution in [-0.2, 0) is 4.79 Å². The molecule has 0 fully saturated rings. The number of anilines is 1. The summed E-state index contributed by atoms with van der Waals surface area (Å²) in [6.45, 7) is 3.47. The van der Waals surface area contributed by atoms with Crippen LogP contribution in [0.25, 0.3) is 10.2 Å². The van der Waals surface area contributed by atoms with Crippen LogP contribution in [0.3, 0.4) is 0 Å². The van der Waals surface area contributed by atoms with E-state index in [1.807, 2.05) is 0 Å². The summed E-state index contributed by atoms with van der Waals surface area (Å²) in [5.74, 6) is -0.711. The van der Waals surface area contributed by atoms with E-state index < -0.39 is 6.36 Å². The van der Waals surface area contributed by atoms with Gasteiger partial charge < -0.3 is 10.1 Å². The number of nitrogens with zero attached hydrogens (tertiary/aromatic N) is 1. The average molecular weight is 304 g/mol. The van der Waals surface area contributed by atoms with Crippen LogP contribution < -0.4 is 10.1 Å². The molecule has 4 nitrogen and oxygen atoms in total. The fourth-order valence-corrected chi connectivity index (χ4v) is 2.30. The number of rotatable bonds is 3. The van der Waals surface area contributed by atoms with Crippen molar-refractivity contribution in [2.24, 2.45) is 5.92 Å². The Morgan fingerprint density at radius 1 is 1.40 bits per heavy atom. The summed E-state index contributed by atoms with van der Waals surface area (Å²) in [5, 5.41) is 2.95. The number of carbonyl (C=O) groups excluding carboxylic acids is 1. The second kappa shape index (κ2) is 5.28. The Bertz CT molecular complexity index is 637. The van der Waals surface area contributed by atoms with E-state index in [4.69, 9.17) is 0 Å². The number of benzene rings is 1. The number of aromatic nitrogens is 1. The fourth-order valence-electron chi connectivity index (χ4n) is 1.41. The highest BCUT2D eigenvalue weighted by atomic mass is 32.1. The van der Waals surface area contributed by atoms with Gasteiger partial charge in [-0.1, -0.05) is 25.2 Å². The second-order valence-corrected chi connectivity index (χ2v) is 5.37. The SMILES string of the molecule is CC(C)C(=O)Nc1nc2ccc(OC(F)(F)F)cc2s1. The lowest BCUT2D eigenvalue weighted by Gasteiger charge is -2.07. The number of nitrogens with one attached hydrogen (secondary N) is 1. The molecule has 1 amide bonds. The van der Waals surface area contributed by atoms with Gasteiger partial charge in [0.25, 0.3) is 0 Å². The molecule has 0 aliphatic carbocycles. The average Bonchev–Trinajstić information content (AvgIpc) is 2.68. The smallest absolute Gasteiger partial charge is 0.406 e. The van der Waals surface area contributed by atoms with Crippen molar-refractivity contribution in [2.45, 2.75) is 20.2 Å². The summed E-state index contributed by atoms with van der Waals surface area (Å²) in [6.07, 6.45) is -4.73. The number of halogens is 3. The van der Waals surface area contributed by atoms with E-state index in [1.54, 1.807) is 13.8 Å². The standard InChI is InChI=1S/C12H11F3N2O2S/c1-6(2)10(18)17-11-16-8-4-3-7(5-9(8)20-11)19-12(13,14)15/h3-6H,1-2H3,(H,16,17,18). The first-order chi connectivity index (χ1) is 9.24. The van der Waals surface area contributed by atoms with Crippen LogP contribution in [0.2, 0.25) is 0 Å². The molecule has 0 spiro atoms. The van der Waals surface area contributed by atoms with E-state index in [-0.39, 0.29) is 17.6 Å². The quantitative estimate of drug-likeness (QED) is 0.938. The Hall–Kier alpha value is -1.83. The van der Waals surface area contributed by atoms with Gasteiger partial charge in [0.2, 0.25) is 5.91 Å². The molecule has 1 N–H and O–H groups in total. The molecule has 20 heavy (non-hydrogen) atoms. The van der Waals surface area contributed by atoms with Gasteiger partial charge in [-0.15, -0.1) is 13.2 Å². The van der Waals surface area contributed by atoms with Crippen molar-refractivity contribution in [1.29, 1.82) is 0 Å². The molecule has 1 aromatic carbocycles. The molecule has 0 aliphatic rings. The summed E-state index contributed by atoms with van der Waals surface area (Å²) >= 11 is 1.09. The van der Waals surface area contributed by atoms with Crippen LogP contribution in [0, 0.1) is 5.92 Å². The normalized spacial score (nSPS) is 11.9. The van der Waals surface area contributed by atoms with Crippen molar-refractivity contribution in [3.63, 3.8) is 0 Å². The highest BCUT2D eigenvalue weighted by Crippen LogP contribution is 2.31. The van der Waals surface area contributed by atoms with E-state index in [1.165, 1.54) is 18.2 Å². The number of ether oxygens (including phenoxy) is 1. The third-order valence-corrected chi connectivity index (χ3v) is 3.28. The highest BCUT2D eigenvalue weighted by molar-refractivity contribution is 7.22. The molecule has 8 heteroatoms. The van der Waals surface area contributed by atoms with E-state index in [0.717, 1.165) is 11.3 Å². The van der Waals surface area contributed by atoms with Gasteiger partial charge in [0.15, 0.2) is 5.13 Å². The third-order valence-electron chi connectivity index (χ3n) is 2.35. The van der Waals surface area contributed by atoms with Crippen molar-refractivity contribution in [3.05, 3.63) is 18.2 Å². The molecule has 0 atom stereocenters. The molecular formula is C12H11F3N2O2S. The Labute approximate surface area is 116 Å². The lowest BCUT2D eigenvalue weighted by molar-refractivity contribution is -0.274. The first-order valence-electron chi connectivity index (χ1n) is 5.72. The molecule has 1 aromatic heterocycles. The zero-order chi connectivity index (χ0) is 14.9. The van der Waals surface area contributed by atoms with Crippen LogP contribution in [0.15, 0.2) is 18.2 Å². The minimum Gasteiger partial charge on any atom is -0.406 e. The lowest BCUT2D eigenvalue weighted by atomic mass is 10.2. The number of amides is 1. The fraction of sp³-hybridized carbons (Fsp3) is 0.333. The molecule has 0 saturated heterocycles. The Balaban J connectivity index is 2.24. The molecule has 0 unspecified atom stereocenters. The molecule has 108 valence electrons. The monoisotopic (exact) mass is 304 g/mol. The van der Waals surface area contributed by atoms with Gasteiger partial charge in [-0.25, -0.2) is 4.98 Å². The van der Waals surface area contributed by atoms with Crippen LogP contribution in [0.1, 0.15) is 13.8 Å². The largest absolute Gasteiger partial charge is 0.573 e. The third kappa shape index (κ3) is 3.60. The van der Waals surface area contributed by atoms with E-state index in [2.05, 4.69) is 15.0 Å². The van der Waals surface area contributed by atoms with Crippen LogP contribution in [-0.4, -0.2) is 17.3 Å². The van der Waals surface area contributed by atoms with Crippen molar-refractivity contribution >= 4 is 32.6 Å². The Morgan fingerprint density at radius 2 is 2.10 bits per heavy atom. The maximum atomic E-state index is 12.1. The van der Waals surface area contributed by atoms with Crippen molar-refractivity contribution < 1.29 is 22.7 Å². The summed E-state index contributed by atoms with van der Waals surface area (Å²) in [7, 11) is 0. The van der Waals surface area contributed by atoms with Crippen LogP contribution in [0.4, 0.5) is 18.3 Å². The number of thiazole rings is 1. The van der Waals surface area contributed by atoms with Crippen molar-refractivity contribution in [3.8, 4) is 5.75 Å². The summed E-state index contributed by atoms with van der Waals surface area (Å²) in [6, 6.07) is 3.84. The van der Waals surface area contributed by atoms with Crippen molar-refractivity contribution in [1.82, 2.24) is 4.98 Å². The number of hydrogen-bond acceptors (Lipinski definition) is 4. The van der Waals surface area contributed by atoms with Crippen LogP contribution >= 0.6 is 11.3 Å². The Morgan fingerprint density at radius 3 is 2.70 bits per heavy atom. The molecule has 0 radical (unpaired) electrons. The number of alkyl halides is 3. The predicted molar refractivity (Wildman–Crippen MR) is 69.8 cm³/mol. The van der Waals surface area contributed by atoms with Gasteiger partial charge in [-0.05, 0) is 12.1 Å². The van der Waals surface area contributed by atoms with Gasteiger partial charge in [-0.2, -0.15) is 0 Å². The molecule has 1 heterocycles. The zero-order valence-corrected chi connectivity index (χ0v) is 11.4. The van der Waals surface area contributed by atoms with Gasteiger partial charge in [0, 0.05) is 12.0 Å². The Kier molecular flexibility index (Phi) is 3.85. The number of fused-ring (bicyclic) bond motifs is 1. The maximum Gasteiger partial charge on any atom is 0.573 e. The topological polar surface area (TPSA) is 51.2 Å². The number of hydrogen-bond donors (Lipinski definition) is 1. The van der Waals surface area contributed by atoms with Gasteiger partial charge in [0.05, 0.1) is 10.2 Å². The molecule has 2 rings (SSSR count). The van der Waals surface area contributed by atoms with Gasteiger partial charge >= 0.3 is 6.36 Å².